The quantitative estimate of drug-likeness (QED) is 0.490. The lowest BCUT2D eigenvalue weighted by atomic mass is 10.1. The summed E-state index contributed by atoms with van der Waals surface area (Å²) in [5, 5.41) is 23.3. The summed E-state index contributed by atoms with van der Waals surface area (Å²) in [7, 11) is 0. The molecule has 1 aromatic carbocycles. The second-order valence-corrected chi connectivity index (χ2v) is 8.42. The molecule has 0 bridgehead atoms. The van der Waals surface area contributed by atoms with Crippen LogP contribution in [-0.4, -0.2) is 42.7 Å². The van der Waals surface area contributed by atoms with E-state index in [-0.39, 0.29) is 18.8 Å². The van der Waals surface area contributed by atoms with Crippen molar-refractivity contribution in [3.8, 4) is 0 Å². The van der Waals surface area contributed by atoms with E-state index >= 15 is 0 Å². The first-order chi connectivity index (χ1) is 15.1. The van der Waals surface area contributed by atoms with Gasteiger partial charge in [-0.25, -0.2) is 9.20 Å². The van der Waals surface area contributed by atoms with Crippen LogP contribution >= 0.6 is 0 Å². The van der Waals surface area contributed by atoms with Crippen LogP contribution in [0.25, 0.3) is 16.6 Å². The highest BCUT2D eigenvalue weighted by Crippen LogP contribution is 2.30. The molecule has 2 atom stereocenters. The van der Waals surface area contributed by atoms with Gasteiger partial charge < -0.3 is 15.2 Å². The number of benzene rings is 1. The Morgan fingerprint density at radius 1 is 1.23 bits per heavy atom. The Kier molecular flexibility index (Phi) is 5.33. The van der Waals surface area contributed by atoms with Gasteiger partial charge in [0.05, 0.1) is 11.2 Å². The maximum absolute atomic E-state index is 9.40. The van der Waals surface area contributed by atoms with E-state index in [1.165, 1.54) is 0 Å². The molecule has 0 radical (unpaired) electrons. The van der Waals surface area contributed by atoms with Gasteiger partial charge in [0.15, 0.2) is 11.9 Å². The summed E-state index contributed by atoms with van der Waals surface area (Å²) in [5.74, 6) is 0.708. The number of nitrogens with zero attached hydrogens (tertiary/aromatic N) is 5. The van der Waals surface area contributed by atoms with Crippen molar-refractivity contribution in [1.82, 2.24) is 24.4 Å². The molecule has 5 rings (SSSR count). The van der Waals surface area contributed by atoms with E-state index in [2.05, 4.69) is 27.5 Å². The molecule has 0 spiro atoms. The summed E-state index contributed by atoms with van der Waals surface area (Å²) in [6.45, 7) is 4.98. The summed E-state index contributed by atoms with van der Waals surface area (Å²) in [6.07, 6.45) is 3.98. The largest absolute Gasteiger partial charge is 0.396 e. The van der Waals surface area contributed by atoms with Gasteiger partial charge in [-0.05, 0) is 68.9 Å². The van der Waals surface area contributed by atoms with Gasteiger partial charge in [0.1, 0.15) is 0 Å². The molecule has 0 saturated carbocycles. The number of aliphatic hydroxyl groups excluding tert-OH is 1. The molecule has 0 aliphatic carbocycles. The number of nitrogens with one attached hydrogen (secondary N) is 1. The molecule has 2 N–H and O–H groups in total. The standard InChI is InChI=1S/C23H28N6O2/c1-15(14-30)12-18-6-5-7-21-25-23(27-28(18)21)24-17-9-10-19-16(2)26-29(20(19)13-17)22-8-3-4-11-31-22/h5-7,9-10,13,15,22,30H,3-4,8,11-12,14H2,1-2H3,(H,24,27)/t15-,22?/m0/s1. The van der Waals surface area contributed by atoms with E-state index in [9.17, 15) is 5.11 Å². The van der Waals surface area contributed by atoms with Crippen molar-refractivity contribution in [2.75, 3.05) is 18.5 Å². The fourth-order valence-corrected chi connectivity index (χ4v) is 4.23. The number of aryl methyl sites for hydroxylation is 1. The third-order valence-electron chi connectivity index (χ3n) is 5.88. The molecule has 162 valence electrons. The van der Waals surface area contributed by atoms with Crippen LogP contribution in [0.3, 0.4) is 0 Å². The molecule has 31 heavy (non-hydrogen) atoms. The van der Waals surface area contributed by atoms with Crippen LogP contribution in [-0.2, 0) is 11.2 Å². The van der Waals surface area contributed by atoms with Crippen LogP contribution in [0.2, 0.25) is 0 Å². The van der Waals surface area contributed by atoms with Gasteiger partial charge in [0.25, 0.3) is 0 Å². The molecule has 1 aliphatic heterocycles. The van der Waals surface area contributed by atoms with E-state index in [0.717, 1.165) is 65.9 Å². The first-order valence-corrected chi connectivity index (χ1v) is 11.0. The number of anilines is 2. The summed E-state index contributed by atoms with van der Waals surface area (Å²) >= 11 is 0. The molecule has 4 heterocycles. The van der Waals surface area contributed by atoms with E-state index in [1.54, 1.807) is 0 Å². The summed E-state index contributed by atoms with van der Waals surface area (Å²) < 4.78 is 9.83. The molecule has 1 saturated heterocycles. The number of fused-ring (bicyclic) bond motifs is 2. The number of aromatic nitrogens is 5. The molecule has 4 aromatic rings. The van der Waals surface area contributed by atoms with Crippen molar-refractivity contribution >= 4 is 28.2 Å². The molecule has 3 aromatic heterocycles. The predicted octanol–water partition coefficient (Wildman–Crippen LogP) is 4.00. The number of aliphatic hydroxyl groups is 1. The Bertz CT molecular complexity index is 1210. The number of hydrogen-bond acceptors (Lipinski definition) is 6. The Morgan fingerprint density at radius 2 is 2.13 bits per heavy atom. The highest BCUT2D eigenvalue weighted by atomic mass is 16.5. The van der Waals surface area contributed by atoms with Gasteiger partial charge in [-0.1, -0.05) is 13.0 Å². The first kappa shape index (κ1) is 20.0. The van der Waals surface area contributed by atoms with Crippen LogP contribution < -0.4 is 5.32 Å². The van der Waals surface area contributed by atoms with Gasteiger partial charge in [-0.2, -0.15) is 10.1 Å². The molecule has 0 amide bonds. The third kappa shape index (κ3) is 3.88. The van der Waals surface area contributed by atoms with Gasteiger partial charge in [-0.3, -0.25) is 0 Å². The molecule has 1 unspecified atom stereocenters. The number of pyridine rings is 1. The van der Waals surface area contributed by atoms with E-state index in [0.29, 0.717) is 5.95 Å². The van der Waals surface area contributed by atoms with Gasteiger partial charge in [0, 0.05) is 30.0 Å². The van der Waals surface area contributed by atoms with Crippen LogP contribution in [0.5, 0.6) is 0 Å². The molecular formula is C23H28N6O2. The number of hydrogen-bond donors (Lipinski definition) is 2. The zero-order chi connectivity index (χ0) is 21.4. The average molecular weight is 421 g/mol. The average Bonchev–Trinajstić information content (AvgIpc) is 3.35. The number of rotatable bonds is 6. The highest BCUT2D eigenvalue weighted by molar-refractivity contribution is 5.85. The lowest BCUT2D eigenvalue weighted by Crippen LogP contribution is -2.19. The minimum absolute atomic E-state index is 0.00964. The highest BCUT2D eigenvalue weighted by Gasteiger charge is 2.20. The fourth-order valence-electron chi connectivity index (χ4n) is 4.23. The van der Waals surface area contributed by atoms with Crippen LogP contribution in [0, 0.1) is 12.8 Å². The van der Waals surface area contributed by atoms with Crippen molar-refractivity contribution in [3.05, 3.63) is 47.8 Å². The summed E-state index contributed by atoms with van der Waals surface area (Å²) in [4.78, 5) is 4.63. The predicted molar refractivity (Wildman–Crippen MR) is 120 cm³/mol. The molecule has 1 aliphatic rings. The Balaban J connectivity index is 1.46. The van der Waals surface area contributed by atoms with Crippen molar-refractivity contribution in [2.45, 2.75) is 45.8 Å². The smallest absolute Gasteiger partial charge is 0.247 e. The zero-order valence-electron chi connectivity index (χ0n) is 18.0. The van der Waals surface area contributed by atoms with Crippen LogP contribution in [0.1, 0.15) is 43.8 Å². The zero-order valence-corrected chi connectivity index (χ0v) is 18.0. The minimum atomic E-state index is -0.00964. The molecule has 1 fully saturated rings. The molecule has 8 nitrogen and oxygen atoms in total. The fraction of sp³-hybridized carbons (Fsp3) is 0.435. The number of ether oxygens (including phenoxy) is 1. The SMILES string of the molecule is Cc1nn(C2CCCCO2)c2cc(Nc3nc4cccc(C[C@H](C)CO)n4n3)ccc12. The first-order valence-electron chi connectivity index (χ1n) is 11.0. The lowest BCUT2D eigenvalue weighted by Gasteiger charge is -2.23. The maximum Gasteiger partial charge on any atom is 0.247 e. The van der Waals surface area contributed by atoms with Crippen molar-refractivity contribution < 1.29 is 9.84 Å². The van der Waals surface area contributed by atoms with Gasteiger partial charge in [-0.15, -0.1) is 5.10 Å². The van der Waals surface area contributed by atoms with Crippen molar-refractivity contribution in [1.29, 1.82) is 0 Å². The second-order valence-electron chi connectivity index (χ2n) is 8.42. The second kappa shape index (κ2) is 8.28. The minimum Gasteiger partial charge on any atom is -0.396 e. The lowest BCUT2D eigenvalue weighted by molar-refractivity contribution is -0.0368. The molecule has 8 heteroatoms. The molecular weight excluding hydrogens is 392 g/mol. The van der Waals surface area contributed by atoms with Gasteiger partial charge >= 0.3 is 0 Å². The third-order valence-corrected chi connectivity index (χ3v) is 5.88. The Labute approximate surface area is 180 Å². The summed E-state index contributed by atoms with van der Waals surface area (Å²) in [6, 6.07) is 12.1. The van der Waals surface area contributed by atoms with Crippen molar-refractivity contribution in [2.24, 2.45) is 5.92 Å². The van der Waals surface area contributed by atoms with E-state index < -0.39 is 0 Å². The Hall–Kier alpha value is -2.97. The van der Waals surface area contributed by atoms with Crippen molar-refractivity contribution in [3.63, 3.8) is 0 Å². The summed E-state index contributed by atoms with van der Waals surface area (Å²) in [5.41, 5.74) is 4.77. The van der Waals surface area contributed by atoms with E-state index in [4.69, 9.17) is 9.84 Å². The van der Waals surface area contributed by atoms with Gasteiger partial charge in [0.2, 0.25) is 5.95 Å². The monoisotopic (exact) mass is 420 g/mol. The topological polar surface area (TPSA) is 89.5 Å². The van der Waals surface area contributed by atoms with Crippen LogP contribution in [0.15, 0.2) is 36.4 Å². The maximum atomic E-state index is 9.40. The Morgan fingerprint density at radius 3 is 2.94 bits per heavy atom. The van der Waals surface area contributed by atoms with Crippen LogP contribution in [0.4, 0.5) is 11.6 Å². The van der Waals surface area contributed by atoms with E-state index in [1.807, 2.05) is 47.3 Å². The normalized spacial score (nSPS) is 18.0.